The van der Waals surface area contributed by atoms with Crippen LogP contribution in [0.5, 0.6) is 0 Å². The van der Waals surface area contributed by atoms with Crippen LogP contribution < -0.4 is 4.90 Å². The fraction of sp³-hybridized carbons (Fsp3) is 0.333. The Morgan fingerprint density at radius 3 is 2.35 bits per heavy atom. The zero-order chi connectivity index (χ0) is 12.6. The third-order valence-electron chi connectivity index (χ3n) is 2.97. The molecule has 0 unspecified atom stereocenters. The van der Waals surface area contributed by atoms with E-state index in [2.05, 4.69) is 0 Å². The second-order valence-corrected chi connectivity index (χ2v) is 4.16. The molecule has 2 atom stereocenters. The summed E-state index contributed by atoms with van der Waals surface area (Å²) in [6, 6.07) is 5.51. The molecule has 1 fully saturated rings. The first-order valence-corrected chi connectivity index (χ1v) is 5.26. The number of aliphatic carboxylic acids is 1. The maximum absolute atomic E-state index is 12.7. The van der Waals surface area contributed by atoms with Crippen molar-refractivity contribution in [2.45, 2.75) is 6.42 Å². The van der Waals surface area contributed by atoms with E-state index in [0.29, 0.717) is 12.1 Å². The molecule has 5 heteroatoms. The highest BCUT2D eigenvalue weighted by Crippen LogP contribution is 2.40. The summed E-state index contributed by atoms with van der Waals surface area (Å²) in [6.45, 7) is 0. The molecule has 1 aromatic carbocycles. The van der Waals surface area contributed by atoms with Gasteiger partial charge in [0.2, 0.25) is 5.91 Å². The Balaban J connectivity index is 2.06. The fourth-order valence-electron chi connectivity index (χ4n) is 1.78. The molecule has 0 aliphatic heterocycles. The van der Waals surface area contributed by atoms with Gasteiger partial charge in [-0.05, 0) is 30.7 Å². The second-order valence-electron chi connectivity index (χ2n) is 4.16. The van der Waals surface area contributed by atoms with Crippen molar-refractivity contribution >= 4 is 17.6 Å². The first-order valence-electron chi connectivity index (χ1n) is 5.26. The molecule has 0 spiro atoms. The number of benzene rings is 1. The number of hydrogen-bond acceptors (Lipinski definition) is 2. The zero-order valence-corrected chi connectivity index (χ0v) is 9.26. The molecular formula is C12H12FNO3. The van der Waals surface area contributed by atoms with Crippen LogP contribution in [0.1, 0.15) is 6.42 Å². The van der Waals surface area contributed by atoms with Gasteiger partial charge >= 0.3 is 5.97 Å². The molecule has 90 valence electrons. The van der Waals surface area contributed by atoms with E-state index in [1.165, 1.54) is 29.2 Å². The fourth-order valence-corrected chi connectivity index (χ4v) is 1.78. The number of anilines is 1. The van der Waals surface area contributed by atoms with Crippen molar-refractivity contribution in [3.63, 3.8) is 0 Å². The molecule has 0 bridgehead atoms. The van der Waals surface area contributed by atoms with Crippen LogP contribution in [-0.2, 0) is 9.59 Å². The van der Waals surface area contributed by atoms with E-state index in [9.17, 15) is 14.0 Å². The summed E-state index contributed by atoms with van der Waals surface area (Å²) in [4.78, 5) is 23.9. The van der Waals surface area contributed by atoms with E-state index in [4.69, 9.17) is 5.11 Å². The minimum Gasteiger partial charge on any atom is -0.481 e. The van der Waals surface area contributed by atoms with Gasteiger partial charge in [-0.1, -0.05) is 0 Å². The van der Waals surface area contributed by atoms with Gasteiger partial charge in [-0.15, -0.1) is 0 Å². The van der Waals surface area contributed by atoms with E-state index in [-0.39, 0.29) is 11.7 Å². The molecule has 1 saturated carbocycles. The van der Waals surface area contributed by atoms with E-state index in [0.717, 1.165) is 0 Å². The number of halogens is 1. The first kappa shape index (κ1) is 11.6. The predicted molar refractivity (Wildman–Crippen MR) is 59.0 cm³/mol. The Morgan fingerprint density at radius 1 is 1.29 bits per heavy atom. The topological polar surface area (TPSA) is 57.6 Å². The van der Waals surface area contributed by atoms with Gasteiger partial charge in [0.15, 0.2) is 0 Å². The summed E-state index contributed by atoms with van der Waals surface area (Å²) in [6.07, 6.45) is 0.389. The van der Waals surface area contributed by atoms with Crippen LogP contribution in [0.4, 0.5) is 10.1 Å². The summed E-state index contributed by atoms with van der Waals surface area (Å²) >= 11 is 0. The number of amides is 1. The Labute approximate surface area is 97.7 Å². The molecule has 0 saturated heterocycles. The summed E-state index contributed by atoms with van der Waals surface area (Å²) in [5.74, 6) is -2.54. The van der Waals surface area contributed by atoms with Crippen molar-refractivity contribution in [1.82, 2.24) is 0 Å². The lowest BCUT2D eigenvalue weighted by Crippen LogP contribution is -2.28. The average molecular weight is 237 g/mol. The number of rotatable bonds is 3. The monoisotopic (exact) mass is 237 g/mol. The lowest BCUT2D eigenvalue weighted by Gasteiger charge is -2.17. The number of carboxylic acids is 1. The van der Waals surface area contributed by atoms with Crippen molar-refractivity contribution in [2.24, 2.45) is 11.8 Å². The molecule has 1 aromatic rings. The van der Waals surface area contributed by atoms with Crippen molar-refractivity contribution in [2.75, 3.05) is 11.9 Å². The number of carbonyl (C=O) groups is 2. The van der Waals surface area contributed by atoms with Crippen molar-refractivity contribution in [3.8, 4) is 0 Å². The summed E-state index contributed by atoms with van der Waals surface area (Å²) in [7, 11) is 1.56. The maximum Gasteiger partial charge on any atom is 0.307 e. The standard InChI is InChI=1S/C12H12FNO3/c1-14(8-4-2-7(13)3-5-8)11(15)9-6-10(9)12(16)17/h2-5,9-10H,6H2,1H3,(H,16,17)/t9-,10+/m1/s1. The number of carbonyl (C=O) groups excluding carboxylic acids is 1. The number of hydrogen-bond donors (Lipinski definition) is 1. The van der Waals surface area contributed by atoms with Crippen molar-refractivity contribution < 1.29 is 19.1 Å². The van der Waals surface area contributed by atoms with Gasteiger partial charge in [0.1, 0.15) is 5.82 Å². The second kappa shape index (κ2) is 4.16. The van der Waals surface area contributed by atoms with Gasteiger partial charge in [0.25, 0.3) is 0 Å². The lowest BCUT2D eigenvalue weighted by atomic mass is 10.2. The van der Waals surface area contributed by atoms with E-state index < -0.39 is 17.8 Å². The molecule has 0 heterocycles. The van der Waals surface area contributed by atoms with Crippen molar-refractivity contribution in [3.05, 3.63) is 30.1 Å². The van der Waals surface area contributed by atoms with E-state index in [1.54, 1.807) is 7.05 Å². The highest BCUT2D eigenvalue weighted by molar-refractivity contribution is 5.99. The Morgan fingerprint density at radius 2 is 1.88 bits per heavy atom. The molecule has 4 nitrogen and oxygen atoms in total. The van der Waals surface area contributed by atoms with Crippen molar-refractivity contribution in [1.29, 1.82) is 0 Å². The first-order chi connectivity index (χ1) is 8.00. The average Bonchev–Trinajstić information content (AvgIpc) is 3.08. The smallest absolute Gasteiger partial charge is 0.307 e. The summed E-state index contributed by atoms with van der Waals surface area (Å²) in [5.41, 5.74) is 0.562. The molecule has 17 heavy (non-hydrogen) atoms. The zero-order valence-electron chi connectivity index (χ0n) is 9.26. The Kier molecular flexibility index (Phi) is 2.83. The van der Waals surface area contributed by atoms with Gasteiger partial charge < -0.3 is 10.0 Å². The lowest BCUT2D eigenvalue weighted by molar-refractivity contribution is -0.139. The quantitative estimate of drug-likeness (QED) is 0.866. The van der Waals surface area contributed by atoms with Crippen LogP contribution in [0, 0.1) is 17.7 Å². The predicted octanol–water partition coefficient (Wildman–Crippen LogP) is 1.51. The van der Waals surface area contributed by atoms with Crippen LogP contribution in [0.3, 0.4) is 0 Å². The SMILES string of the molecule is CN(C(=O)[C@@H]1C[C@@H]1C(=O)O)c1ccc(F)cc1. The highest BCUT2D eigenvalue weighted by atomic mass is 19.1. The maximum atomic E-state index is 12.7. The van der Waals surface area contributed by atoms with E-state index in [1.807, 2.05) is 0 Å². The molecule has 0 aromatic heterocycles. The van der Waals surface area contributed by atoms with Crippen LogP contribution >= 0.6 is 0 Å². The van der Waals surface area contributed by atoms with Gasteiger partial charge in [-0.3, -0.25) is 9.59 Å². The van der Waals surface area contributed by atoms with Gasteiger partial charge in [-0.25, -0.2) is 4.39 Å². The van der Waals surface area contributed by atoms with Crippen LogP contribution in [-0.4, -0.2) is 24.0 Å². The Hall–Kier alpha value is -1.91. The van der Waals surface area contributed by atoms with E-state index >= 15 is 0 Å². The molecule has 0 radical (unpaired) electrons. The molecule has 1 amide bonds. The molecule has 2 rings (SSSR count). The van der Waals surface area contributed by atoms with Gasteiger partial charge in [0.05, 0.1) is 11.8 Å². The minimum atomic E-state index is -0.934. The molecular weight excluding hydrogens is 225 g/mol. The minimum absolute atomic E-state index is 0.232. The summed E-state index contributed by atoms with van der Waals surface area (Å²) < 4.78 is 12.7. The highest BCUT2D eigenvalue weighted by Gasteiger charge is 2.49. The largest absolute Gasteiger partial charge is 0.481 e. The normalized spacial score (nSPS) is 22.0. The third-order valence-corrected chi connectivity index (χ3v) is 2.97. The number of carboxylic acid groups (broad SMARTS) is 1. The molecule has 1 aliphatic carbocycles. The Bertz CT molecular complexity index is 457. The third kappa shape index (κ3) is 2.27. The number of nitrogens with zero attached hydrogens (tertiary/aromatic N) is 1. The van der Waals surface area contributed by atoms with Crippen LogP contribution in [0.25, 0.3) is 0 Å². The van der Waals surface area contributed by atoms with Crippen LogP contribution in [0.2, 0.25) is 0 Å². The van der Waals surface area contributed by atoms with Crippen LogP contribution in [0.15, 0.2) is 24.3 Å². The summed E-state index contributed by atoms with van der Waals surface area (Å²) in [5, 5.41) is 8.74. The molecule has 1 N–H and O–H groups in total. The molecule has 1 aliphatic rings. The van der Waals surface area contributed by atoms with Gasteiger partial charge in [0, 0.05) is 12.7 Å². The van der Waals surface area contributed by atoms with Gasteiger partial charge in [-0.2, -0.15) is 0 Å².